The van der Waals surface area contributed by atoms with Crippen molar-refractivity contribution in [1.82, 2.24) is 0 Å². The molecule has 0 heterocycles. The number of fused-ring (bicyclic) bond motifs is 5. The lowest BCUT2D eigenvalue weighted by Crippen LogP contribution is -2.52. The van der Waals surface area contributed by atoms with Gasteiger partial charge in [-0.05, 0) is 104 Å². The third-order valence-electron chi connectivity index (χ3n) is 10.4. The van der Waals surface area contributed by atoms with Crippen molar-refractivity contribution >= 4 is 0 Å². The summed E-state index contributed by atoms with van der Waals surface area (Å²) in [4.78, 5) is 0. The molecule has 0 aromatic carbocycles. The van der Waals surface area contributed by atoms with Crippen molar-refractivity contribution in [1.29, 1.82) is 0 Å². The zero-order valence-corrected chi connectivity index (χ0v) is 21.5. The van der Waals surface area contributed by atoms with Crippen LogP contribution in [0.1, 0.15) is 131 Å². The number of unbranched alkanes of at least 4 members (excludes halogenated alkanes) is 1. The van der Waals surface area contributed by atoms with E-state index in [0.717, 1.165) is 40.9 Å². The van der Waals surface area contributed by atoms with E-state index in [2.05, 4.69) is 40.5 Å². The molecule has 4 aliphatic rings. The van der Waals surface area contributed by atoms with Crippen LogP contribution in [0.4, 0.5) is 0 Å². The maximum Gasteiger partial charge on any atom is -0.0266 e. The van der Waals surface area contributed by atoms with Crippen molar-refractivity contribution in [2.75, 3.05) is 0 Å². The van der Waals surface area contributed by atoms with Gasteiger partial charge in [-0.15, -0.1) is 12.8 Å². The topological polar surface area (TPSA) is 0 Å². The van der Waals surface area contributed by atoms with Crippen LogP contribution in [0.5, 0.6) is 0 Å². The minimum Gasteiger partial charge on any atom is -0.124 e. The van der Waals surface area contributed by atoms with E-state index in [1.54, 1.807) is 51.4 Å². The summed E-state index contributed by atoms with van der Waals surface area (Å²) in [5.74, 6) is 6.28. The van der Waals surface area contributed by atoms with Gasteiger partial charge in [0.1, 0.15) is 0 Å². The Hall–Kier alpha value is -0.440. The number of hydrogen-bond acceptors (Lipinski definition) is 0. The molecule has 4 aliphatic carbocycles. The summed E-state index contributed by atoms with van der Waals surface area (Å²) in [7, 11) is 0. The van der Waals surface area contributed by atoms with Crippen LogP contribution in [-0.2, 0) is 0 Å². The Morgan fingerprint density at radius 2 is 1.47 bits per heavy atom. The zero-order chi connectivity index (χ0) is 22.4. The number of rotatable bonds is 5. The highest BCUT2D eigenvalue weighted by Crippen LogP contribution is 2.67. The number of hydrogen-bond donors (Lipinski definition) is 0. The Morgan fingerprint density at radius 3 is 2.17 bits per heavy atom. The smallest absolute Gasteiger partial charge is 0.0266 e. The van der Waals surface area contributed by atoms with E-state index < -0.39 is 0 Å². The minimum absolute atomic E-state index is 0.705. The van der Waals surface area contributed by atoms with Crippen molar-refractivity contribution in [3.05, 3.63) is 0 Å². The van der Waals surface area contributed by atoms with E-state index in [0.29, 0.717) is 5.41 Å². The molecule has 174 valence electrons. The van der Waals surface area contributed by atoms with Gasteiger partial charge < -0.3 is 0 Å². The fourth-order valence-corrected chi connectivity index (χ4v) is 8.82. The summed E-state index contributed by atoms with van der Waals surface area (Å²) in [6, 6.07) is 0. The first-order valence-electron chi connectivity index (χ1n) is 13.8. The molecule has 7 atom stereocenters. The molecule has 0 N–H and O–H groups in total. The highest BCUT2D eigenvalue weighted by molar-refractivity contribution is 5.08. The van der Waals surface area contributed by atoms with E-state index >= 15 is 0 Å². The van der Waals surface area contributed by atoms with Gasteiger partial charge >= 0.3 is 0 Å². The second-order valence-electron chi connectivity index (χ2n) is 11.9. The van der Waals surface area contributed by atoms with Crippen molar-refractivity contribution in [3.8, 4) is 12.8 Å². The van der Waals surface area contributed by atoms with Crippen LogP contribution in [0.25, 0.3) is 0 Å². The summed E-state index contributed by atoms with van der Waals surface area (Å²) >= 11 is 0. The molecule has 0 heteroatoms. The predicted octanol–water partition coefficient (Wildman–Crippen LogP) is 9.53. The molecule has 0 spiro atoms. The molecule has 7 unspecified atom stereocenters. The van der Waals surface area contributed by atoms with Crippen LogP contribution in [0.3, 0.4) is 0 Å². The molecule has 0 aromatic heterocycles. The van der Waals surface area contributed by atoms with Crippen molar-refractivity contribution in [2.24, 2.45) is 46.3 Å². The Labute approximate surface area is 190 Å². The fourth-order valence-electron chi connectivity index (χ4n) is 8.82. The highest BCUT2D eigenvalue weighted by Gasteiger charge is 2.59. The van der Waals surface area contributed by atoms with Crippen molar-refractivity contribution in [3.63, 3.8) is 0 Å². The average Bonchev–Trinajstić information content (AvgIpc) is 3.10. The molecule has 0 amide bonds. The van der Waals surface area contributed by atoms with Crippen molar-refractivity contribution in [2.45, 2.75) is 131 Å². The Kier molecular flexibility index (Phi) is 9.84. The van der Waals surface area contributed by atoms with Gasteiger partial charge in [-0.1, -0.05) is 73.6 Å². The van der Waals surface area contributed by atoms with Gasteiger partial charge in [0, 0.05) is 0 Å². The van der Waals surface area contributed by atoms with Crippen LogP contribution in [-0.4, -0.2) is 0 Å². The third-order valence-corrected chi connectivity index (χ3v) is 10.4. The van der Waals surface area contributed by atoms with Crippen LogP contribution in [0.2, 0.25) is 0 Å². The summed E-state index contributed by atoms with van der Waals surface area (Å²) in [5.41, 5.74) is 1.43. The predicted molar refractivity (Wildman–Crippen MR) is 134 cm³/mol. The molecular formula is C30H54. The maximum absolute atomic E-state index is 4.00. The zero-order valence-electron chi connectivity index (χ0n) is 21.5. The molecule has 0 bridgehead atoms. The summed E-state index contributed by atoms with van der Waals surface area (Å²) < 4.78 is 0. The molecule has 0 aromatic rings. The third kappa shape index (κ3) is 4.97. The molecule has 4 rings (SSSR count). The molecule has 0 saturated heterocycles. The summed E-state index contributed by atoms with van der Waals surface area (Å²) in [6.45, 7) is 14.2. The van der Waals surface area contributed by atoms with Gasteiger partial charge in [0.15, 0.2) is 0 Å². The Balaban J connectivity index is 0.000000757. The highest BCUT2D eigenvalue weighted by atomic mass is 14.6. The monoisotopic (exact) mass is 414 g/mol. The van der Waals surface area contributed by atoms with Crippen molar-refractivity contribution < 1.29 is 0 Å². The summed E-state index contributed by atoms with van der Waals surface area (Å²) in [5, 5.41) is 0. The average molecular weight is 415 g/mol. The second-order valence-corrected chi connectivity index (χ2v) is 11.9. The fraction of sp³-hybridized carbons (Fsp3) is 0.933. The van der Waals surface area contributed by atoms with E-state index in [4.69, 9.17) is 0 Å². The van der Waals surface area contributed by atoms with Gasteiger partial charge in [-0.25, -0.2) is 0 Å². The second kappa shape index (κ2) is 11.4. The Bertz CT molecular complexity index is 515. The van der Waals surface area contributed by atoms with Gasteiger partial charge in [0.25, 0.3) is 0 Å². The van der Waals surface area contributed by atoms with Crippen LogP contribution in [0.15, 0.2) is 0 Å². The normalized spacial score (nSPS) is 42.0. The standard InChI is InChI=1S/C26H46.C2H6.C2H2/c1-19(2)9-5-6-10-21-13-15-23-22-14-12-20-11-7-8-17-25(20,3)24(22)16-18-26(21,23)4;2*1-2/h19-24H,5-18H2,1-4H3;1-2H3;1-2H. The first-order valence-corrected chi connectivity index (χ1v) is 13.8. The van der Waals surface area contributed by atoms with E-state index in [1.807, 2.05) is 13.8 Å². The van der Waals surface area contributed by atoms with E-state index in [-0.39, 0.29) is 0 Å². The molecule has 4 fully saturated rings. The summed E-state index contributed by atoms with van der Waals surface area (Å²) in [6.07, 6.45) is 29.6. The minimum atomic E-state index is 0.705. The first kappa shape index (κ1) is 25.8. The number of terminal acetylenes is 1. The van der Waals surface area contributed by atoms with E-state index in [1.165, 1.54) is 38.5 Å². The quantitative estimate of drug-likeness (QED) is 0.310. The lowest BCUT2D eigenvalue weighted by molar-refractivity contribution is -0.111. The molecule has 4 saturated carbocycles. The molecular weight excluding hydrogens is 360 g/mol. The molecule has 0 radical (unpaired) electrons. The van der Waals surface area contributed by atoms with Crippen LogP contribution >= 0.6 is 0 Å². The first-order chi connectivity index (χ1) is 14.4. The van der Waals surface area contributed by atoms with Gasteiger partial charge in [0.05, 0.1) is 0 Å². The van der Waals surface area contributed by atoms with Gasteiger partial charge in [-0.3, -0.25) is 0 Å². The SMILES string of the molecule is C#C.CC.CC(C)CCCCC1CCC2C3CCC4CCCCC4(C)C3CCC12C. The van der Waals surface area contributed by atoms with Crippen LogP contribution < -0.4 is 0 Å². The molecule has 30 heavy (non-hydrogen) atoms. The van der Waals surface area contributed by atoms with E-state index in [9.17, 15) is 0 Å². The maximum atomic E-state index is 4.00. The Morgan fingerprint density at radius 1 is 0.767 bits per heavy atom. The van der Waals surface area contributed by atoms with Gasteiger partial charge in [-0.2, -0.15) is 0 Å². The lowest BCUT2D eigenvalue weighted by Gasteiger charge is -2.60. The lowest BCUT2D eigenvalue weighted by atomic mass is 9.45. The molecule has 0 aliphatic heterocycles. The van der Waals surface area contributed by atoms with Crippen LogP contribution in [0, 0.1) is 59.2 Å². The van der Waals surface area contributed by atoms with Gasteiger partial charge in [0.2, 0.25) is 0 Å². The largest absolute Gasteiger partial charge is 0.124 e. The molecule has 0 nitrogen and oxygen atoms in total.